The van der Waals surface area contributed by atoms with E-state index >= 15 is 0 Å². The Labute approximate surface area is 197 Å². The van der Waals surface area contributed by atoms with Gasteiger partial charge in [0.15, 0.2) is 0 Å². The fraction of sp³-hybridized carbons (Fsp3) is 1.00. The minimum absolute atomic E-state index is 1.36. The molecule has 0 nitrogen and oxygen atoms in total. The van der Waals surface area contributed by atoms with Crippen molar-refractivity contribution in [1.82, 2.24) is 0 Å². The summed E-state index contributed by atoms with van der Waals surface area (Å²) in [4.78, 5) is 0. The second-order valence-corrected chi connectivity index (χ2v) is 11.0. The van der Waals surface area contributed by atoms with E-state index < -0.39 is 0 Å². The van der Waals surface area contributed by atoms with E-state index in [0.29, 0.717) is 0 Å². The molecule has 0 amide bonds. The highest BCUT2D eigenvalue weighted by Crippen LogP contribution is 2.16. The standard InChI is InChI=1S/C29H60S/c1-3-5-7-8-9-10-11-12-13-14-15-16-17-18-19-20-21-22-23-24-25-27-29-30-28-26-6-4-2/h3-29H2,1-2H3. The van der Waals surface area contributed by atoms with Crippen LogP contribution in [0.4, 0.5) is 0 Å². The van der Waals surface area contributed by atoms with E-state index in [1.54, 1.807) is 0 Å². The van der Waals surface area contributed by atoms with E-state index in [-0.39, 0.29) is 0 Å². The van der Waals surface area contributed by atoms with Gasteiger partial charge in [-0.05, 0) is 24.3 Å². The van der Waals surface area contributed by atoms with E-state index in [2.05, 4.69) is 25.6 Å². The lowest BCUT2D eigenvalue weighted by molar-refractivity contribution is 0.520. The summed E-state index contributed by atoms with van der Waals surface area (Å²) in [5, 5.41) is 0. The highest BCUT2D eigenvalue weighted by Gasteiger charge is 1.96. The molecular formula is C29H60S. The van der Waals surface area contributed by atoms with Gasteiger partial charge >= 0.3 is 0 Å². The highest BCUT2D eigenvalue weighted by atomic mass is 32.2. The Kier molecular flexibility index (Phi) is 29.7. The van der Waals surface area contributed by atoms with Crippen LogP contribution in [0.25, 0.3) is 0 Å². The molecule has 0 saturated carbocycles. The van der Waals surface area contributed by atoms with Gasteiger partial charge in [-0.15, -0.1) is 0 Å². The Morgan fingerprint density at radius 2 is 0.467 bits per heavy atom. The van der Waals surface area contributed by atoms with Crippen LogP contribution in [0.3, 0.4) is 0 Å². The molecule has 0 rings (SSSR count). The quantitative estimate of drug-likeness (QED) is 0.114. The van der Waals surface area contributed by atoms with Crippen LogP contribution in [0.5, 0.6) is 0 Å². The van der Waals surface area contributed by atoms with Crippen LogP contribution in [-0.2, 0) is 0 Å². The lowest BCUT2D eigenvalue weighted by Crippen LogP contribution is -1.86. The Morgan fingerprint density at radius 3 is 0.767 bits per heavy atom. The molecule has 0 saturated heterocycles. The minimum Gasteiger partial charge on any atom is -0.162 e. The van der Waals surface area contributed by atoms with Crippen molar-refractivity contribution in [3.63, 3.8) is 0 Å². The maximum absolute atomic E-state index is 2.30. The molecule has 0 heterocycles. The first kappa shape index (κ1) is 30.4. The normalized spacial score (nSPS) is 11.4. The van der Waals surface area contributed by atoms with Gasteiger partial charge in [-0.25, -0.2) is 0 Å². The molecule has 0 aromatic rings. The predicted octanol–water partition coefficient (Wildman–Crippen LogP) is 11.5. The average Bonchev–Trinajstić information content (AvgIpc) is 2.76. The average molecular weight is 441 g/mol. The van der Waals surface area contributed by atoms with Crippen LogP contribution >= 0.6 is 11.8 Å². The smallest absolute Gasteiger partial charge is 0.00675 e. The van der Waals surface area contributed by atoms with Crippen molar-refractivity contribution in [2.24, 2.45) is 0 Å². The Balaban J connectivity index is 2.97. The van der Waals surface area contributed by atoms with Gasteiger partial charge in [0.25, 0.3) is 0 Å². The van der Waals surface area contributed by atoms with Gasteiger partial charge in [-0.3, -0.25) is 0 Å². The molecule has 1 heteroatoms. The van der Waals surface area contributed by atoms with Gasteiger partial charge < -0.3 is 0 Å². The Hall–Kier alpha value is 0.350. The van der Waals surface area contributed by atoms with Gasteiger partial charge in [0.1, 0.15) is 0 Å². The molecule has 0 aliphatic carbocycles. The fourth-order valence-electron chi connectivity index (χ4n) is 4.37. The summed E-state index contributed by atoms with van der Waals surface area (Å²) in [6, 6.07) is 0. The molecular weight excluding hydrogens is 380 g/mol. The number of hydrogen-bond acceptors (Lipinski definition) is 1. The summed E-state index contributed by atoms with van der Waals surface area (Å²) >= 11 is 2.18. The maximum atomic E-state index is 2.30. The summed E-state index contributed by atoms with van der Waals surface area (Å²) in [6.45, 7) is 4.60. The third-order valence-electron chi connectivity index (χ3n) is 6.53. The van der Waals surface area contributed by atoms with Crippen molar-refractivity contribution in [2.45, 2.75) is 174 Å². The molecule has 0 aromatic carbocycles. The van der Waals surface area contributed by atoms with E-state index in [1.165, 1.54) is 172 Å². The summed E-state index contributed by atoms with van der Waals surface area (Å²) in [5.74, 6) is 2.80. The van der Waals surface area contributed by atoms with Crippen molar-refractivity contribution in [3.8, 4) is 0 Å². The van der Waals surface area contributed by atoms with E-state index in [4.69, 9.17) is 0 Å². The number of thioether (sulfide) groups is 1. The van der Waals surface area contributed by atoms with Crippen LogP contribution < -0.4 is 0 Å². The number of rotatable bonds is 27. The second kappa shape index (κ2) is 29.4. The zero-order valence-corrected chi connectivity index (χ0v) is 22.3. The Morgan fingerprint density at radius 1 is 0.267 bits per heavy atom. The molecule has 0 unspecified atom stereocenters. The molecule has 0 aromatic heterocycles. The fourth-order valence-corrected chi connectivity index (χ4v) is 5.39. The summed E-state index contributed by atoms with van der Waals surface area (Å²) in [7, 11) is 0. The first-order chi connectivity index (χ1) is 14.9. The second-order valence-electron chi connectivity index (χ2n) is 9.74. The third kappa shape index (κ3) is 28.4. The van der Waals surface area contributed by atoms with Crippen LogP contribution in [0.1, 0.15) is 174 Å². The molecule has 0 spiro atoms. The van der Waals surface area contributed by atoms with E-state index in [0.717, 1.165) is 0 Å². The van der Waals surface area contributed by atoms with Crippen molar-refractivity contribution >= 4 is 11.8 Å². The summed E-state index contributed by atoms with van der Waals surface area (Å²) in [5.41, 5.74) is 0. The predicted molar refractivity (Wildman–Crippen MR) is 144 cm³/mol. The SMILES string of the molecule is CCCCCCCCCCCCCCCCCCCCCCCCSCCCCC. The molecule has 0 radical (unpaired) electrons. The lowest BCUT2D eigenvalue weighted by atomic mass is 10.0. The van der Waals surface area contributed by atoms with Crippen molar-refractivity contribution < 1.29 is 0 Å². The first-order valence-electron chi connectivity index (χ1n) is 14.5. The minimum atomic E-state index is 1.36. The third-order valence-corrected chi connectivity index (χ3v) is 7.69. The van der Waals surface area contributed by atoms with Crippen LogP contribution in [0.15, 0.2) is 0 Å². The Bertz CT molecular complexity index is 248. The molecule has 30 heavy (non-hydrogen) atoms. The van der Waals surface area contributed by atoms with E-state index in [1.807, 2.05) is 0 Å². The highest BCUT2D eigenvalue weighted by molar-refractivity contribution is 7.99. The molecule has 182 valence electrons. The van der Waals surface area contributed by atoms with Gasteiger partial charge in [0.05, 0.1) is 0 Å². The monoisotopic (exact) mass is 440 g/mol. The number of hydrogen-bond donors (Lipinski definition) is 0. The molecule has 0 aliphatic heterocycles. The first-order valence-corrected chi connectivity index (χ1v) is 15.6. The molecule has 0 fully saturated rings. The van der Waals surface area contributed by atoms with Crippen molar-refractivity contribution in [3.05, 3.63) is 0 Å². The molecule has 0 aliphatic rings. The zero-order valence-electron chi connectivity index (χ0n) is 21.5. The molecule has 0 N–H and O–H groups in total. The van der Waals surface area contributed by atoms with Gasteiger partial charge in [-0.2, -0.15) is 11.8 Å². The van der Waals surface area contributed by atoms with Gasteiger partial charge in [-0.1, -0.05) is 162 Å². The van der Waals surface area contributed by atoms with E-state index in [9.17, 15) is 0 Å². The molecule has 0 atom stereocenters. The van der Waals surface area contributed by atoms with Crippen molar-refractivity contribution in [1.29, 1.82) is 0 Å². The van der Waals surface area contributed by atoms with Gasteiger partial charge in [0.2, 0.25) is 0 Å². The van der Waals surface area contributed by atoms with Crippen molar-refractivity contribution in [2.75, 3.05) is 11.5 Å². The summed E-state index contributed by atoms with van der Waals surface area (Å²) in [6.07, 6.45) is 36.7. The van der Waals surface area contributed by atoms with Crippen LogP contribution in [0.2, 0.25) is 0 Å². The maximum Gasteiger partial charge on any atom is -0.00675 e. The van der Waals surface area contributed by atoms with Crippen LogP contribution in [-0.4, -0.2) is 11.5 Å². The lowest BCUT2D eigenvalue weighted by Gasteiger charge is -2.04. The van der Waals surface area contributed by atoms with Crippen LogP contribution in [0, 0.1) is 0 Å². The zero-order chi connectivity index (χ0) is 21.8. The number of unbranched alkanes of at least 4 members (excludes halogenated alkanes) is 23. The largest absolute Gasteiger partial charge is 0.162 e. The van der Waals surface area contributed by atoms with Gasteiger partial charge in [0, 0.05) is 0 Å². The summed E-state index contributed by atoms with van der Waals surface area (Å²) < 4.78 is 0. The molecule has 0 bridgehead atoms. The topological polar surface area (TPSA) is 0 Å².